The Kier molecular flexibility index (Phi) is 2.37. The van der Waals surface area contributed by atoms with E-state index < -0.39 is 0 Å². The van der Waals surface area contributed by atoms with Gasteiger partial charge in [-0.05, 0) is 11.6 Å². The van der Waals surface area contributed by atoms with Crippen LogP contribution in [-0.4, -0.2) is 17.6 Å². The van der Waals surface area contributed by atoms with Crippen molar-refractivity contribution < 1.29 is 9.53 Å². The molecule has 2 heterocycles. The Hall–Kier alpha value is -2.16. The number of hydrogen-bond acceptors (Lipinski definition) is 3. The predicted molar refractivity (Wildman–Crippen MR) is 63.7 cm³/mol. The van der Waals surface area contributed by atoms with Gasteiger partial charge in [0.05, 0.1) is 17.9 Å². The summed E-state index contributed by atoms with van der Waals surface area (Å²) in [4.78, 5) is 15.8. The molecule has 0 amide bonds. The van der Waals surface area contributed by atoms with Gasteiger partial charge < -0.3 is 4.74 Å². The predicted octanol–water partition coefficient (Wildman–Crippen LogP) is 2.46. The maximum atomic E-state index is 11.5. The van der Waals surface area contributed by atoms with Crippen molar-refractivity contribution in [2.24, 2.45) is 0 Å². The lowest BCUT2D eigenvalue weighted by molar-refractivity contribution is 0.0479. The molecule has 1 aliphatic rings. The molecule has 0 saturated carbocycles. The molecule has 0 saturated heterocycles. The number of ether oxygens (including phenoxy) is 1. The highest BCUT2D eigenvalue weighted by molar-refractivity contribution is 5.92. The van der Waals surface area contributed by atoms with E-state index >= 15 is 0 Å². The smallest absolute Gasteiger partial charge is 0.339 e. The second-order valence-corrected chi connectivity index (χ2v) is 3.98. The number of benzene rings is 1. The lowest BCUT2D eigenvalue weighted by Crippen LogP contribution is -2.17. The summed E-state index contributed by atoms with van der Waals surface area (Å²) in [5, 5.41) is 0. The van der Waals surface area contributed by atoms with Gasteiger partial charge in [0.2, 0.25) is 0 Å². The van der Waals surface area contributed by atoms with Crippen LogP contribution in [0.5, 0.6) is 0 Å². The Morgan fingerprint density at radius 1 is 1.18 bits per heavy atom. The first kappa shape index (κ1) is 10.0. The Balaban J connectivity index is 2.07. The van der Waals surface area contributed by atoms with E-state index in [4.69, 9.17) is 4.74 Å². The second-order valence-electron chi connectivity index (χ2n) is 3.98. The third-order valence-corrected chi connectivity index (χ3v) is 2.88. The van der Waals surface area contributed by atoms with Crippen molar-refractivity contribution in [1.82, 2.24) is 4.98 Å². The van der Waals surface area contributed by atoms with Crippen LogP contribution in [0.1, 0.15) is 15.9 Å². The Bertz CT molecular complexity index is 564. The van der Waals surface area contributed by atoms with E-state index in [1.807, 2.05) is 36.4 Å². The van der Waals surface area contributed by atoms with Crippen molar-refractivity contribution in [1.29, 1.82) is 0 Å². The van der Waals surface area contributed by atoms with Crippen molar-refractivity contribution >= 4 is 5.97 Å². The van der Waals surface area contributed by atoms with Gasteiger partial charge in [0.1, 0.15) is 0 Å². The third-order valence-electron chi connectivity index (χ3n) is 2.88. The Morgan fingerprint density at radius 3 is 2.82 bits per heavy atom. The van der Waals surface area contributed by atoms with Gasteiger partial charge in [0.15, 0.2) is 0 Å². The van der Waals surface area contributed by atoms with Crippen LogP contribution < -0.4 is 0 Å². The molecule has 0 bridgehead atoms. The lowest BCUT2D eigenvalue weighted by atomic mass is 10.0. The molecule has 1 aromatic carbocycles. The summed E-state index contributed by atoms with van der Waals surface area (Å²) in [6, 6.07) is 11.9. The fourth-order valence-electron chi connectivity index (χ4n) is 1.99. The first-order valence-electron chi connectivity index (χ1n) is 5.56. The monoisotopic (exact) mass is 225 g/mol. The van der Waals surface area contributed by atoms with E-state index in [1.54, 1.807) is 6.20 Å². The summed E-state index contributed by atoms with van der Waals surface area (Å²) >= 11 is 0. The number of cyclic esters (lactones) is 1. The molecule has 1 aromatic heterocycles. The van der Waals surface area contributed by atoms with Crippen LogP contribution in [0.25, 0.3) is 11.3 Å². The van der Waals surface area contributed by atoms with Crippen LogP contribution in [0.15, 0.2) is 42.6 Å². The molecule has 0 aliphatic carbocycles. The molecule has 1 aliphatic heterocycles. The zero-order chi connectivity index (χ0) is 11.7. The first-order valence-corrected chi connectivity index (χ1v) is 5.56. The summed E-state index contributed by atoms with van der Waals surface area (Å²) in [6.07, 6.45) is 2.38. The highest BCUT2D eigenvalue weighted by atomic mass is 16.5. The van der Waals surface area contributed by atoms with Gasteiger partial charge in [0.25, 0.3) is 0 Å². The van der Waals surface area contributed by atoms with E-state index in [0.29, 0.717) is 12.2 Å². The molecule has 0 N–H and O–H groups in total. The molecule has 3 nitrogen and oxygen atoms in total. The topological polar surface area (TPSA) is 39.2 Å². The maximum absolute atomic E-state index is 11.5. The second kappa shape index (κ2) is 4.01. The van der Waals surface area contributed by atoms with Crippen molar-refractivity contribution in [3.63, 3.8) is 0 Å². The SMILES string of the molecule is O=C1OCCc2cc(-c3ccccc3)ncc21. The summed E-state index contributed by atoms with van der Waals surface area (Å²) in [6.45, 7) is 0.462. The normalized spacial score (nSPS) is 14.0. The molecule has 0 unspecified atom stereocenters. The van der Waals surface area contributed by atoms with Crippen molar-refractivity contribution in [2.75, 3.05) is 6.61 Å². The number of carbonyl (C=O) groups is 1. The molecule has 3 heteroatoms. The van der Waals surface area contributed by atoms with Gasteiger partial charge in [-0.3, -0.25) is 4.98 Å². The quantitative estimate of drug-likeness (QED) is 0.700. The highest BCUT2D eigenvalue weighted by Gasteiger charge is 2.19. The van der Waals surface area contributed by atoms with Crippen LogP contribution in [0.4, 0.5) is 0 Å². The third kappa shape index (κ3) is 1.80. The minimum Gasteiger partial charge on any atom is -0.462 e. The van der Waals surface area contributed by atoms with Crippen molar-refractivity contribution in [2.45, 2.75) is 6.42 Å². The lowest BCUT2D eigenvalue weighted by Gasteiger charge is -2.15. The minimum atomic E-state index is -0.265. The van der Waals surface area contributed by atoms with Gasteiger partial charge in [-0.1, -0.05) is 30.3 Å². The molecule has 0 spiro atoms. The molecule has 17 heavy (non-hydrogen) atoms. The van der Waals surface area contributed by atoms with Gasteiger partial charge in [-0.15, -0.1) is 0 Å². The van der Waals surface area contributed by atoms with E-state index in [0.717, 1.165) is 23.2 Å². The van der Waals surface area contributed by atoms with Gasteiger partial charge in [-0.2, -0.15) is 0 Å². The van der Waals surface area contributed by atoms with Crippen molar-refractivity contribution in [3.8, 4) is 11.3 Å². The minimum absolute atomic E-state index is 0.265. The zero-order valence-electron chi connectivity index (χ0n) is 9.22. The van der Waals surface area contributed by atoms with Crippen LogP contribution in [0, 0.1) is 0 Å². The fraction of sp³-hybridized carbons (Fsp3) is 0.143. The standard InChI is InChI=1S/C14H11NO2/c16-14-12-9-15-13(8-11(12)6-7-17-14)10-4-2-1-3-5-10/h1-5,8-9H,6-7H2. The number of esters is 1. The zero-order valence-corrected chi connectivity index (χ0v) is 9.22. The highest BCUT2D eigenvalue weighted by Crippen LogP contribution is 2.22. The fourth-order valence-corrected chi connectivity index (χ4v) is 1.99. The summed E-state index contributed by atoms with van der Waals surface area (Å²) in [7, 11) is 0. The van der Waals surface area contributed by atoms with Crippen LogP contribution in [-0.2, 0) is 11.2 Å². The number of pyridine rings is 1. The van der Waals surface area contributed by atoms with E-state index in [2.05, 4.69) is 4.98 Å². The average molecular weight is 225 g/mol. The molecular weight excluding hydrogens is 214 g/mol. The average Bonchev–Trinajstić information content (AvgIpc) is 2.40. The molecule has 3 rings (SSSR count). The van der Waals surface area contributed by atoms with E-state index in [-0.39, 0.29) is 5.97 Å². The van der Waals surface area contributed by atoms with Crippen LogP contribution in [0.3, 0.4) is 0 Å². The number of carbonyl (C=O) groups excluding carboxylic acids is 1. The molecule has 2 aromatic rings. The van der Waals surface area contributed by atoms with Gasteiger partial charge in [0, 0.05) is 18.2 Å². The van der Waals surface area contributed by atoms with E-state index in [1.165, 1.54) is 0 Å². The largest absolute Gasteiger partial charge is 0.462 e. The summed E-state index contributed by atoms with van der Waals surface area (Å²) in [5.41, 5.74) is 3.58. The number of rotatable bonds is 1. The molecular formula is C14H11NO2. The molecule has 0 radical (unpaired) electrons. The molecule has 0 atom stereocenters. The number of aromatic nitrogens is 1. The van der Waals surface area contributed by atoms with E-state index in [9.17, 15) is 4.79 Å². The van der Waals surface area contributed by atoms with Crippen molar-refractivity contribution in [3.05, 3.63) is 53.7 Å². The van der Waals surface area contributed by atoms with Crippen LogP contribution in [0.2, 0.25) is 0 Å². The first-order chi connectivity index (χ1) is 8.34. The van der Waals surface area contributed by atoms with Crippen LogP contribution >= 0.6 is 0 Å². The number of hydrogen-bond donors (Lipinski definition) is 0. The van der Waals surface area contributed by atoms with Gasteiger partial charge in [-0.25, -0.2) is 4.79 Å². The number of fused-ring (bicyclic) bond motifs is 1. The Morgan fingerprint density at radius 2 is 2.00 bits per heavy atom. The molecule has 84 valence electrons. The summed E-state index contributed by atoms with van der Waals surface area (Å²) < 4.78 is 4.97. The summed E-state index contributed by atoms with van der Waals surface area (Å²) in [5.74, 6) is -0.265. The van der Waals surface area contributed by atoms with Gasteiger partial charge >= 0.3 is 5.97 Å². The maximum Gasteiger partial charge on any atom is 0.339 e. The number of nitrogens with zero attached hydrogens (tertiary/aromatic N) is 1. The molecule has 0 fully saturated rings. The Labute approximate surface area is 99.1 Å².